The van der Waals surface area contributed by atoms with Crippen molar-refractivity contribution in [2.45, 2.75) is 44.2 Å². The lowest BCUT2D eigenvalue weighted by molar-refractivity contribution is -0.124. The highest BCUT2D eigenvalue weighted by Gasteiger charge is 2.33. The molecule has 2 atom stereocenters. The van der Waals surface area contributed by atoms with Gasteiger partial charge in [-0.1, -0.05) is 24.3 Å². The zero-order valence-electron chi connectivity index (χ0n) is 17.3. The Hall–Kier alpha value is -1.83. The van der Waals surface area contributed by atoms with Crippen LogP contribution in [0, 0.1) is 0 Å². The molecule has 0 spiro atoms. The van der Waals surface area contributed by atoms with Gasteiger partial charge in [0.05, 0.1) is 25.3 Å². The minimum Gasteiger partial charge on any atom is -0.457 e. The highest BCUT2D eigenvalue weighted by molar-refractivity contribution is 5.85. The summed E-state index contributed by atoms with van der Waals surface area (Å²) in [6.07, 6.45) is 2.29. The molecule has 4 bridgehead atoms. The Morgan fingerprint density at radius 3 is 2.35 bits per heavy atom. The van der Waals surface area contributed by atoms with E-state index in [-0.39, 0.29) is 42.9 Å². The quantitative estimate of drug-likeness (QED) is 0.676. The van der Waals surface area contributed by atoms with Gasteiger partial charge in [0.25, 0.3) is 0 Å². The third-order valence-corrected chi connectivity index (χ3v) is 5.80. The molecule has 6 nitrogen and oxygen atoms in total. The summed E-state index contributed by atoms with van der Waals surface area (Å²) >= 11 is 0. The van der Waals surface area contributed by atoms with Gasteiger partial charge in [-0.2, -0.15) is 0 Å². The maximum atomic E-state index is 12.8. The van der Waals surface area contributed by atoms with Gasteiger partial charge in [-0.25, -0.2) is 0 Å². The zero-order chi connectivity index (χ0) is 19.6. The Bertz CT molecular complexity index is 894. The van der Waals surface area contributed by atoms with E-state index in [1.807, 2.05) is 36.4 Å². The number of hydrogen-bond acceptors (Lipinski definition) is 5. The van der Waals surface area contributed by atoms with Gasteiger partial charge in [-0.15, -0.1) is 24.8 Å². The van der Waals surface area contributed by atoms with Crippen LogP contribution in [0.3, 0.4) is 0 Å². The van der Waals surface area contributed by atoms with Gasteiger partial charge >= 0.3 is 0 Å². The number of ether oxygens (including phenoxy) is 2. The lowest BCUT2D eigenvalue weighted by Crippen LogP contribution is -2.48. The van der Waals surface area contributed by atoms with Crippen LogP contribution in [-0.4, -0.2) is 48.6 Å². The summed E-state index contributed by atoms with van der Waals surface area (Å²) in [4.78, 5) is 15.0. The summed E-state index contributed by atoms with van der Waals surface area (Å²) in [5, 5.41) is 6.53. The molecule has 2 aromatic rings. The smallest absolute Gasteiger partial charge is 0.234 e. The third kappa shape index (κ3) is 6.11. The minimum atomic E-state index is -0.0291. The molecule has 1 amide bonds. The highest BCUT2D eigenvalue weighted by atomic mass is 35.5. The maximum absolute atomic E-state index is 12.8. The molecule has 2 N–H and O–H groups in total. The van der Waals surface area contributed by atoms with E-state index in [0.29, 0.717) is 19.2 Å². The van der Waals surface area contributed by atoms with Crippen molar-refractivity contribution in [3.8, 4) is 11.5 Å². The van der Waals surface area contributed by atoms with Gasteiger partial charge in [0.15, 0.2) is 0 Å². The van der Waals surface area contributed by atoms with Crippen molar-refractivity contribution >= 4 is 30.7 Å². The number of amides is 1. The molecule has 1 saturated carbocycles. The number of halogens is 2. The summed E-state index contributed by atoms with van der Waals surface area (Å²) in [7, 11) is 0. The number of rotatable bonds is 1. The molecule has 0 radical (unpaired) electrons. The van der Waals surface area contributed by atoms with Crippen molar-refractivity contribution in [2.75, 3.05) is 19.6 Å². The molecule has 31 heavy (non-hydrogen) atoms. The topological polar surface area (TPSA) is 62.8 Å². The summed E-state index contributed by atoms with van der Waals surface area (Å²) in [6, 6.07) is 16.7. The lowest BCUT2D eigenvalue weighted by Gasteiger charge is -2.25. The molecule has 2 aromatic carbocycles. The number of nitrogens with zero attached hydrogens (tertiary/aromatic N) is 1. The van der Waals surface area contributed by atoms with Crippen molar-refractivity contribution in [1.82, 2.24) is 15.5 Å². The van der Waals surface area contributed by atoms with E-state index in [2.05, 4.69) is 27.7 Å². The Kier molecular flexibility index (Phi) is 8.19. The molecule has 8 heteroatoms. The monoisotopic (exact) mass is 465 g/mol. The number of carbonyl (C=O) groups is 1. The number of nitrogens with one attached hydrogen (secondary N) is 2. The fourth-order valence-corrected chi connectivity index (χ4v) is 4.14. The van der Waals surface area contributed by atoms with E-state index in [9.17, 15) is 4.79 Å². The summed E-state index contributed by atoms with van der Waals surface area (Å²) < 4.78 is 12.3. The van der Waals surface area contributed by atoms with Gasteiger partial charge in [-0.05, 0) is 48.2 Å². The zero-order valence-corrected chi connectivity index (χ0v) is 18.9. The average molecular weight is 466 g/mol. The van der Waals surface area contributed by atoms with E-state index in [1.54, 1.807) is 0 Å². The van der Waals surface area contributed by atoms with E-state index >= 15 is 0 Å². The van der Waals surface area contributed by atoms with Crippen molar-refractivity contribution in [3.05, 3.63) is 59.7 Å². The third-order valence-electron chi connectivity index (χ3n) is 5.80. The maximum Gasteiger partial charge on any atom is 0.234 e. The molecule has 1 saturated heterocycles. The first-order valence-corrected chi connectivity index (χ1v) is 10.4. The van der Waals surface area contributed by atoms with Crippen LogP contribution >= 0.6 is 24.8 Å². The first kappa shape index (κ1) is 23.8. The molecule has 0 unspecified atom stereocenters. The van der Waals surface area contributed by atoms with Gasteiger partial charge in [0, 0.05) is 25.7 Å². The molecule has 2 aliphatic heterocycles. The average Bonchev–Trinajstić information content (AvgIpc) is 3.47. The fraction of sp³-hybridized carbons (Fsp3) is 0.435. The predicted molar refractivity (Wildman–Crippen MR) is 124 cm³/mol. The SMILES string of the molecule is Cl.Cl.O=C1CN(C2CC2)Cc2cccc(c2)Oc2cccc(c2)CO[C@H]2CNC[C@@H]2N1. The molecule has 1 aliphatic carbocycles. The van der Waals surface area contributed by atoms with E-state index in [4.69, 9.17) is 9.47 Å². The Morgan fingerprint density at radius 2 is 1.61 bits per heavy atom. The van der Waals surface area contributed by atoms with Gasteiger partial charge in [0.1, 0.15) is 11.5 Å². The highest BCUT2D eigenvalue weighted by Crippen LogP contribution is 2.30. The second kappa shape index (κ2) is 10.7. The van der Waals surface area contributed by atoms with E-state index in [1.165, 1.54) is 0 Å². The number of carbonyl (C=O) groups excluding carboxylic acids is 1. The Morgan fingerprint density at radius 1 is 0.903 bits per heavy atom. The first-order chi connectivity index (χ1) is 14.2. The molecular formula is C23H29Cl2N3O3. The van der Waals surface area contributed by atoms with Crippen LogP contribution in [0.15, 0.2) is 48.5 Å². The summed E-state index contributed by atoms with van der Waals surface area (Å²) in [6.45, 7) is 3.14. The number of hydrogen-bond donors (Lipinski definition) is 2. The summed E-state index contributed by atoms with van der Waals surface area (Å²) in [5.74, 6) is 1.69. The standard InChI is InChI=1S/C23H27N3O3.2ClH/c27-23-14-26(18-7-8-18)13-16-3-1-5-19(9-16)29-20-6-2-4-17(10-20)15-28-22-12-24-11-21(22)25-23;;/h1-6,9-10,18,21-22,24H,7-8,11-15H2,(H,25,27);2*1H/t21-,22-;;/m0../s1. The van der Waals surface area contributed by atoms with Crippen LogP contribution in [0.1, 0.15) is 24.0 Å². The largest absolute Gasteiger partial charge is 0.457 e. The molecule has 0 aromatic heterocycles. The van der Waals surface area contributed by atoms with E-state index in [0.717, 1.165) is 55.1 Å². The van der Waals surface area contributed by atoms with Crippen molar-refractivity contribution in [3.63, 3.8) is 0 Å². The molecular weight excluding hydrogens is 437 g/mol. The van der Waals surface area contributed by atoms with Crippen LogP contribution < -0.4 is 15.4 Å². The van der Waals surface area contributed by atoms with Crippen molar-refractivity contribution < 1.29 is 14.3 Å². The Labute approximate surface area is 195 Å². The van der Waals surface area contributed by atoms with E-state index < -0.39 is 0 Å². The molecule has 2 heterocycles. The van der Waals surface area contributed by atoms with Crippen molar-refractivity contribution in [1.29, 1.82) is 0 Å². The first-order valence-electron chi connectivity index (χ1n) is 10.4. The predicted octanol–water partition coefficient (Wildman–Crippen LogP) is 3.27. The summed E-state index contributed by atoms with van der Waals surface area (Å²) in [5.41, 5.74) is 2.22. The fourth-order valence-electron chi connectivity index (χ4n) is 4.14. The van der Waals surface area contributed by atoms with Crippen molar-refractivity contribution in [2.24, 2.45) is 0 Å². The van der Waals surface area contributed by atoms with Crippen LogP contribution in [0.4, 0.5) is 0 Å². The second-order valence-electron chi connectivity index (χ2n) is 8.21. The van der Waals surface area contributed by atoms with Crippen LogP contribution in [0.5, 0.6) is 11.5 Å². The van der Waals surface area contributed by atoms with Crippen LogP contribution in [-0.2, 0) is 22.7 Å². The van der Waals surface area contributed by atoms with Crippen LogP contribution in [0.2, 0.25) is 0 Å². The van der Waals surface area contributed by atoms with Crippen LogP contribution in [0.25, 0.3) is 0 Å². The minimum absolute atomic E-state index is 0. The lowest BCUT2D eigenvalue weighted by atomic mass is 10.1. The number of fused-ring (bicyclic) bond motifs is 5. The van der Waals surface area contributed by atoms with Gasteiger partial charge in [-0.3, -0.25) is 9.69 Å². The normalized spacial score (nSPS) is 24.1. The molecule has 2 fully saturated rings. The second-order valence-corrected chi connectivity index (χ2v) is 8.21. The molecule has 3 aliphatic rings. The van der Waals surface area contributed by atoms with Gasteiger partial charge in [0.2, 0.25) is 5.91 Å². The molecule has 5 rings (SSSR count). The number of benzene rings is 2. The molecule has 168 valence electrons. The van der Waals surface area contributed by atoms with Gasteiger partial charge < -0.3 is 20.1 Å². The Balaban J connectivity index is 0.00000136.